The molecule has 0 aliphatic carbocycles. The van der Waals surface area contributed by atoms with Crippen molar-refractivity contribution in [3.05, 3.63) is 58.1 Å². The van der Waals surface area contributed by atoms with Gasteiger partial charge in [0, 0.05) is 18.1 Å². The Labute approximate surface area is 193 Å². The second-order valence-electron chi connectivity index (χ2n) is 7.55. The first kappa shape index (κ1) is 24.8. The van der Waals surface area contributed by atoms with Crippen molar-refractivity contribution < 1.29 is 19.1 Å². The molecule has 2 amide bonds. The number of nitrogens with zero attached hydrogens (tertiary/aromatic N) is 1. The Morgan fingerprint density at radius 1 is 1.10 bits per heavy atom. The molecule has 6 nitrogen and oxygen atoms in total. The van der Waals surface area contributed by atoms with Crippen LogP contribution in [0.15, 0.2) is 42.5 Å². The van der Waals surface area contributed by atoms with E-state index in [1.165, 1.54) is 4.90 Å². The highest BCUT2D eigenvalue weighted by molar-refractivity contribution is 6.35. The topological polar surface area (TPSA) is 67.9 Å². The molecule has 0 radical (unpaired) electrons. The van der Waals surface area contributed by atoms with E-state index in [9.17, 15) is 9.59 Å². The number of hydrogen-bond acceptors (Lipinski definition) is 4. The number of nitrogens with one attached hydrogen (secondary N) is 1. The lowest BCUT2D eigenvalue weighted by Crippen LogP contribution is -2.49. The van der Waals surface area contributed by atoms with E-state index >= 15 is 0 Å². The van der Waals surface area contributed by atoms with E-state index in [-0.39, 0.29) is 25.0 Å². The summed E-state index contributed by atoms with van der Waals surface area (Å²) in [7, 11) is 1.58. The van der Waals surface area contributed by atoms with Crippen molar-refractivity contribution in [2.45, 2.75) is 33.4 Å². The summed E-state index contributed by atoms with van der Waals surface area (Å²) in [4.78, 5) is 27.2. The van der Waals surface area contributed by atoms with E-state index in [0.717, 1.165) is 5.56 Å². The smallest absolute Gasteiger partial charge is 0.261 e. The summed E-state index contributed by atoms with van der Waals surface area (Å²) in [5, 5.41) is 3.66. The van der Waals surface area contributed by atoms with Gasteiger partial charge in [0.1, 0.15) is 17.5 Å². The minimum atomic E-state index is -0.693. The quantitative estimate of drug-likeness (QED) is 0.556. The van der Waals surface area contributed by atoms with Crippen LogP contribution in [0.1, 0.15) is 26.3 Å². The Kier molecular flexibility index (Phi) is 9.46. The molecule has 2 aromatic rings. The molecule has 2 aromatic carbocycles. The standard InChI is InChI=1S/C23H28Cl2N2O4/c1-15(2)12-26-23(29)16(3)27(13-17-6-5-7-19(10-17)30-4)22(28)14-31-21-9-8-18(24)11-20(21)25/h5-11,15-16H,12-14H2,1-4H3,(H,26,29)/t16-/m1/s1. The van der Waals surface area contributed by atoms with E-state index in [1.54, 1.807) is 32.2 Å². The molecule has 0 aromatic heterocycles. The van der Waals surface area contributed by atoms with Crippen LogP contribution < -0.4 is 14.8 Å². The van der Waals surface area contributed by atoms with Gasteiger partial charge in [0.2, 0.25) is 5.91 Å². The van der Waals surface area contributed by atoms with Crippen molar-refractivity contribution in [3.63, 3.8) is 0 Å². The molecule has 168 valence electrons. The normalized spacial score (nSPS) is 11.7. The lowest BCUT2D eigenvalue weighted by molar-refractivity contribution is -0.142. The molecule has 1 atom stereocenters. The number of methoxy groups -OCH3 is 1. The Balaban J connectivity index is 2.18. The molecule has 1 N–H and O–H groups in total. The minimum Gasteiger partial charge on any atom is -0.497 e. The van der Waals surface area contributed by atoms with Crippen LogP contribution in [0.5, 0.6) is 11.5 Å². The van der Waals surface area contributed by atoms with Gasteiger partial charge in [-0.2, -0.15) is 0 Å². The van der Waals surface area contributed by atoms with Crippen LogP contribution in [-0.4, -0.2) is 43.0 Å². The Bertz CT molecular complexity index is 905. The highest BCUT2D eigenvalue weighted by Gasteiger charge is 2.27. The first-order chi connectivity index (χ1) is 14.7. The molecule has 0 fully saturated rings. The maximum absolute atomic E-state index is 13.1. The lowest BCUT2D eigenvalue weighted by atomic mass is 10.1. The van der Waals surface area contributed by atoms with Crippen LogP contribution in [0, 0.1) is 5.92 Å². The molecule has 0 unspecified atom stereocenters. The Morgan fingerprint density at radius 3 is 2.48 bits per heavy atom. The number of carbonyl (C=O) groups is 2. The predicted octanol–water partition coefficient (Wildman–Crippen LogP) is 4.57. The van der Waals surface area contributed by atoms with Crippen molar-refractivity contribution in [3.8, 4) is 11.5 Å². The van der Waals surface area contributed by atoms with Gasteiger partial charge in [0.05, 0.1) is 12.1 Å². The molecule has 2 rings (SSSR count). The Morgan fingerprint density at radius 2 is 1.84 bits per heavy atom. The summed E-state index contributed by atoms with van der Waals surface area (Å²) in [5.41, 5.74) is 0.834. The number of halogens is 2. The number of amides is 2. The largest absolute Gasteiger partial charge is 0.497 e. The van der Waals surface area contributed by atoms with E-state index in [0.29, 0.717) is 34.0 Å². The first-order valence-electron chi connectivity index (χ1n) is 9.99. The van der Waals surface area contributed by atoms with Gasteiger partial charge < -0.3 is 19.7 Å². The summed E-state index contributed by atoms with van der Waals surface area (Å²) >= 11 is 12.0. The maximum Gasteiger partial charge on any atom is 0.261 e. The molecule has 0 heterocycles. The fourth-order valence-corrected chi connectivity index (χ4v) is 3.28. The predicted molar refractivity (Wildman–Crippen MR) is 123 cm³/mol. The van der Waals surface area contributed by atoms with Crippen LogP contribution >= 0.6 is 23.2 Å². The summed E-state index contributed by atoms with van der Waals surface area (Å²) < 4.78 is 10.9. The number of ether oxygens (including phenoxy) is 2. The third-order valence-corrected chi connectivity index (χ3v) is 5.11. The second kappa shape index (κ2) is 11.8. The molecule has 0 spiro atoms. The van der Waals surface area contributed by atoms with Gasteiger partial charge in [-0.3, -0.25) is 9.59 Å². The monoisotopic (exact) mass is 466 g/mol. The Hall–Kier alpha value is -2.44. The molecule has 8 heteroatoms. The third kappa shape index (κ3) is 7.64. The van der Waals surface area contributed by atoms with Crippen molar-refractivity contribution >= 4 is 35.0 Å². The zero-order valence-corrected chi connectivity index (χ0v) is 19.7. The molecule has 0 saturated carbocycles. The SMILES string of the molecule is COc1cccc(CN(C(=O)COc2ccc(Cl)cc2Cl)[C@H](C)C(=O)NCC(C)C)c1. The molecule has 0 bridgehead atoms. The van der Waals surface area contributed by atoms with Gasteiger partial charge >= 0.3 is 0 Å². The number of rotatable bonds is 10. The maximum atomic E-state index is 13.1. The van der Waals surface area contributed by atoms with E-state index in [4.69, 9.17) is 32.7 Å². The van der Waals surface area contributed by atoms with Crippen LogP contribution in [0.2, 0.25) is 10.0 Å². The van der Waals surface area contributed by atoms with Gasteiger partial charge in [0.25, 0.3) is 5.91 Å². The fourth-order valence-electron chi connectivity index (χ4n) is 2.82. The van der Waals surface area contributed by atoms with E-state index < -0.39 is 6.04 Å². The van der Waals surface area contributed by atoms with Gasteiger partial charge in [-0.05, 0) is 48.7 Å². The number of benzene rings is 2. The summed E-state index contributed by atoms with van der Waals surface area (Å²) in [6, 6.07) is 11.4. The van der Waals surface area contributed by atoms with Gasteiger partial charge in [-0.1, -0.05) is 49.2 Å². The second-order valence-corrected chi connectivity index (χ2v) is 8.40. The van der Waals surface area contributed by atoms with Crippen molar-refractivity contribution in [2.24, 2.45) is 5.92 Å². The van der Waals surface area contributed by atoms with E-state index in [1.807, 2.05) is 38.1 Å². The third-order valence-electron chi connectivity index (χ3n) is 4.58. The fraction of sp³-hybridized carbons (Fsp3) is 0.391. The molecule has 0 aliphatic heterocycles. The molecule has 0 aliphatic rings. The van der Waals surface area contributed by atoms with Crippen molar-refractivity contribution in [1.29, 1.82) is 0 Å². The van der Waals surface area contributed by atoms with Crippen LogP contribution in [0.3, 0.4) is 0 Å². The summed E-state index contributed by atoms with van der Waals surface area (Å²) in [6.45, 7) is 6.20. The van der Waals surface area contributed by atoms with Crippen molar-refractivity contribution in [2.75, 3.05) is 20.3 Å². The lowest BCUT2D eigenvalue weighted by Gasteiger charge is -2.29. The highest BCUT2D eigenvalue weighted by Crippen LogP contribution is 2.27. The van der Waals surface area contributed by atoms with Gasteiger partial charge in [-0.15, -0.1) is 0 Å². The average Bonchev–Trinajstić information content (AvgIpc) is 2.74. The zero-order valence-electron chi connectivity index (χ0n) is 18.2. The molecule has 31 heavy (non-hydrogen) atoms. The van der Waals surface area contributed by atoms with Gasteiger partial charge in [-0.25, -0.2) is 0 Å². The molecular formula is C23H28Cl2N2O4. The van der Waals surface area contributed by atoms with Crippen LogP contribution in [-0.2, 0) is 16.1 Å². The van der Waals surface area contributed by atoms with Crippen molar-refractivity contribution in [1.82, 2.24) is 10.2 Å². The first-order valence-corrected chi connectivity index (χ1v) is 10.7. The van der Waals surface area contributed by atoms with Crippen LogP contribution in [0.25, 0.3) is 0 Å². The zero-order chi connectivity index (χ0) is 23.0. The molecular weight excluding hydrogens is 439 g/mol. The van der Waals surface area contributed by atoms with Crippen LogP contribution in [0.4, 0.5) is 0 Å². The average molecular weight is 467 g/mol. The number of carbonyl (C=O) groups excluding carboxylic acids is 2. The minimum absolute atomic E-state index is 0.226. The van der Waals surface area contributed by atoms with Gasteiger partial charge in [0.15, 0.2) is 6.61 Å². The highest BCUT2D eigenvalue weighted by atomic mass is 35.5. The molecule has 0 saturated heterocycles. The summed E-state index contributed by atoms with van der Waals surface area (Å²) in [5.74, 6) is 0.744. The number of hydrogen-bond donors (Lipinski definition) is 1. The van der Waals surface area contributed by atoms with E-state index in [2.05, 4.69) is 5.32 Å². The summed E-state index contributed by atoms with van der Waals surface area (Å²) in [6.07, 6.45) is 0.